The largest absolute Gasteiger partial charge is 0.491 e. The third kappa shape index (κ3) is 4.59. The zero-order valence-corrected chi connectivity index (χ0v) is 11.8. The monoisotopic (exact) mass is 270 g/mol. The molecule has 0 spiro atoms. The summed E-state index contributed by atoms with van der Waals surface area (Å²) in [5.41, 5.74) is 5.80. The van der Waals surface area contributed by atoms with Gasteiger partial charge in [-0.1, -0.05) is 13.3 Å². The van der Waals surface area contributed by atoms with E-state index in [-0.39, 0.29) is 5.75 Å². The summed E-state index contributed by atoms with van der Waals surface area (Å²) >= 11 is 0. The van der Waals surface area contributed by atoms with Gasteiger partial charge in [0.2, 0.25) is 0 Å². The summed E-state index contributed by atoms with van der Waals surface area (Å²) in [7, 11) is 0. The quantitative estimate of drug-likeness (QED) is 0.666. The van der Waals surface area contributed by atoms with Gasteiger partial charge in [0.15, 0.2) is 11.6 Å². The van der Waals surface area contributed by atoms with E-state index in [9.17, 15) is 9.50 Å². The van der Waals surface area contributed by atoms with E-state index in [1.807, 2.05) is 6.92 Å². The van der Waals surface area contributed by atoms with Crippen LogP contribution in [0.3, 0.4) is 0 Å². The Hall–Kier alpha value is -1.49. The summed E-state index contributed by atoms with van der Waals surface area (Å²) < 4.78 is 18.7. The number of halogens is 1. The van der Waals surface area contributed by atoms with E-state index < -0.39 is 11.4 Å². The van der Waals surface area contributed by atoms with Crippen molar-refractivity contribution in [3.63, 3.8) is 0 Å². The lowest BCUT2D eigenvalue weighted by molar-refractivity contribution is 0.0637. The number of ether oxygens (including phenoxy) is 1. The highest BCUT2D eigenvalue weighted by Crippen LogP contribution is 2.28. The predicted octanol–water partition coefficient (Wildman–Crippen LogP) is 2.77. The van der Waals surface area contributed by atoms with Crippen molar-refractivity contribution in [1.29, 1.82) is 0 Å². The Labute approximate surface area is 113 Å². The molecule has 0 aliphatic rings. The van der Waals surface area contributed by atoms with Crippen LogP contribution >= 0.6 is 0 Å². The highest BCUT2D eigenvalue weighted by molar-refractivity contribution is 5.68. The number of hydrogen-bond acceptors (Lipinski definition) is 4. The molecule has 1 aromatic carbocycles. The van der Waals surface area contributed by atoms with Gasteiger partial charge in [-0.3, -0.25) is 0 Å². The molecule has 5 heteroatoms. The van der Waals surface area contributed by atoms with Crippen molar-refractivity contribution in [2.75, 3.05) is 24.2 Å². The van der Waals surface area contributed by atoms with Gasteiger partial charge in [-0.25, -0.2) is 4.39 Å². The van der Waals surface area contributed by atoms with Crippen LogP contribution in [0, 0.1) is 5.82 Å². The lowest BCUT2D eigenvalue weighted by Gasteiger charge is -2.24. The van der Waals surface area contributed by atoms with Crippen molar-refractivity contribution in [3.05, 3.63) is 17.9 Å². The average Bonchev–Trinajstić information content (AvgIpc) is 2.31. The van der Waals surface area contributed by atoms with Crippen LogP contribution < -0.4 is 15.8 Å². The maximum atomic E-state index is 13.5. The minimum atomic E-state index is -0.818. The van der Waals surface area contributed by atoms with Crippen LogP contribution in [0.15, 0.2) is 12.1 Å². The van der Waals surface area contributed by atoms with Crippen LogP contribution in [0.2, 0.25) is 0 Å². The third-order valence-electron chi connectivity index (χ3n) is 2.85. The topological polar surface area (TPSA) is 67.5 Å². The predicted molar refractivity (Wildman–Crippen MR) is 76.0 cm³/mol. The molecule has 1 unspecified atom stereocenters. The van der Waals surface area contributed by atoms with Gasteiger partial charge in [-0.05, 0) is 20.3 Å². The molecule has 4 nitrogen and oxygen atoms in total. The van der Waals surface area contributed by atoms with E-state index in [0.717, 1.165) is 6.42 Å². The molecule has 0 amide bonds. The standard InChI is InChI=1S/C14H23FN2O2/c1-4-6-14(3,18)9-17-12-8-13(19-5-2)10(15)7-11(12)16/h7-8,17-18H,4-6,9,16H2,1-3H3. The smallest absolute Gasteiger partial charge is 0.167 e. The second-order valence-electron chi connectivity index (χ2n) is 4.90. The van der Waals surface area contributed by atoms with Crippen molar-refractivity contribution >= 4 is 11.4 Å². The van der Waals surface area contributed by atoms with Crippen LogP contribution in [-0.2, 0) is 0 Å². The number of hydrogen-bond donors (Lipinski definition) is 3. The molecular weight excluding hydrogens is 247 g/mol. The first-order valence-corrected chi connectivity index (χ1v) is 6.57. The van der Waals surface area contributed by atoms with E-state index in [1.165, 1.54) is 12.1 Å². The molecule has 1 rings (SSSR count). The summed E-state index contributed by atoms with van der Waals surface area (Å²) in [6.07, 6.45) is 1.57. The zero-order chi connectivity index (χ0) is 14.5. The zero-order valence-electron chi connectivity index (χ0n) is 11.8. The van der Waals surface area contributed by atoms with E-state index in [0.29, 0.717) is 30.9 Å². The Balaban J connectivity index is 2.80. The van der Waals surface area contributed by atoms with Gasteiger partial charge in [0.1, 0.15) is 0 Å². The molecule has 0 aliphatic heterocycles. The molecule has 108 valence electrons. The van der Waals surface area contributed by atoms with E-state index in [2.05, 4.69) is 5.32 Å². The van der Waals surface area contributed by atoms with Crippen LogP contribution in [0.25, 0.3) is 0 Å². The molecule has 0 radical (unpaired) electrons. The van der Waals surface area contributed by atoms with Crippen molar-refractivity contribution in [2.45, 2.75) is 39.2 Å². The van der Waals surface area contributed by atoms with E-state index >= 15 is 0 Å². The first-order chi connectivity index (χ1) is 8.89. The molecule has 4 N–H and O–H groups in total. The fourth-order valence-electron chi connectivity index (χ4n) is 1.90. The Morgan fingerprint density at radius 2 is 2.11 bits per heavy atom. The molecule has 0 heterocycles. The lowest BCUT2D eigenvalue weighted by atomic mass is 10.0. The summed E-state index contributed by atoms with van der Waals surface area (Å²) in [4.78, 5) is 0. The SMILES string of the molecule is CCCC(C)(O)CNc1cc(OCC)c(F)cc1N. The molecule has 0 aromatic heterocycles. The Morgan fingerprint density at radius 3 is 2.68 bits per heavy atom. The van der Waals surface area contributed by atoms with Gasteiger partial charge >= 0.3 is 0 Å². The fraction of sp³-hybridized carbons (Fsp3) is 0.571. The molecule has 1 atom stereocenters. The maximum Gasteiger partial charge on any atom is 0.167 e. The first-order valence-electron chi connectivity index (χ1n) is 6.57. The number of benzene rings is 1. The molecular formula is C14H23FN2O2. The first kappa shape index (κ1) is 15.6. The fourth-order valence-corrected chi connectivity index (χ4v) is 1.90. The summed E-state index contributed by atoms with van der Waals surface area (Å²) in [6, 6.07) is 2.75. The second kappa shape index (κ2) is 6.61. The van der Waals surface area contributed by atoms with Crippen LogP contribution in [-0.4, -0.2) is 23.9 Å². The second-order valence-corrected chi connectivity index (χ2v) is 4.90. The average molecular weight is 270 g/mol. The number of rotatable bonds is 7. The van der Waals surface area contributed by atoms with Gasteiger partial charge in [0.05, 0.1) is 23.6 Å². The van der Waals surface area contributed by atoms with Crippen molar-refractivity contribution in [2.24, 2.45) is 0 Å². The van der Waals surface area contributed by atoms with Crippen molar-refractivity contribution in [3.8, 4) is 5.75 Å². The minimum Gasteiger partial charge on any atom is -0.491 e. The van der Waals surface area contributed by atoms with Crippen molar-refractivity contribution in [1.82, 2.24) is 0 Å². The van der Waals surface area contributed by atoms with E-state index in [4.69, 9.17) is 10.5 Å². The highest BCUT2D eigenvalue weighted by atomic mass is 19.1. The van der Waals surface area contributed by atoms with Gasteiger partial charge in [-0.15, -0.1) is 0 Å². The number of anilines is 2. The normalized spacial score (nSPS) is 13.9. The number of nitrogen functional groups attached to an aromatic ring is 1. The lowest BCUT2D eigenvalue weighted by Crippen LogP contribution is -2.33. The third-order valence-corrected chi connectivity index (χ3v) is 2.85. The Bertz CT molecular complexity index is 422. The maximum absolute atomic E-state index is 13.5. The van der Waals surface area contributed by atoms with Gasteiger partial charge in [0.25, 0.3) is 0 Å². The van der Waals surface area contributed by atoms with Gasteiger partial charge < -0.3 is 20.9 Å². The molecule has 0 aliphatic carbocycles. The molecule has 0 fully saturated rings. The minimum absolute atomic E-state index is 0.161. The Morgan fingerprint density at radius 1 is 1.42 bits per heavy atom. The van der Waals surface area contributed by atoms with Crippen molar-refractivity contribution < 1.29 is 14.2 Å². The number of nitrogens with two attached hydrogens (primary N) is 1. The van der Waals surface area contributed by atoms with Crippen LogP contribution in [0.1, 0.15) is 33.6 Å². The molecule has 0 saturated carbocycles. The van der Waals surface area contributed by atoms with Crippen LogP contribution in [0.4, 0.5) is 15.8 Å². The molecule has 0 saturated heterocycles. The summed E-state index contributed by atoms with van der Waals surface area (Å²) in [5, 5.41) is 13.1. The Kier molecular flexibility index (Phi) is 5.42. The number of nitrogens with one attached hydrogen (secondary N) is 1. The van der Waals surface area contributed by atoms with Crippen LogP contribution in [0.5, 0.6) is 5.75 Å². The summed E-state index contributed by atoms with van der Waals surface area (Å²) in [5.74, 6) is -0.320. The highest BCUT2D eigenvalue weighted by Gasteiger charge is 2.19. The summed E-state index contributed by atoms with van der Waals surface area (Å²) in [6.45, 7) is 6.28. The molecule has 19 heavy (non-hydrogen) atoms. The molecule has 1 aromatic rings. The molecule has 0 bridgehead atoms. The van der Waals surface area contributed by atoms with E-state index in [1.54, 1.807) is 13.8 Å². The van der Waals surface area contributed by atoms with Gasteiger partial charge in [-0.2, -0.15) is 0 Å². The number of aliphatic hydroxyl groups is 1. The van der Waals surface area contributed by atoms with Gasteiger partial charge in [0, 0.05) is 18.7 Å².